The summed E-state index contributed by atoms with van der Waals surface area (Å²) >= 11 is 0. The van der Waals surface area contributed by atoms with Crippen molar-refractivity contribution in [1.29, 1.82) is 0 Å². The second-order valence-electron chi connectivity index (χ2n) is 4.30. The van der Waals surface area contributed by atoms with Crippen LogP contribution in [0.15, 0.2) is 47.0 Å². The van der Waals surface area contributed by atoms with Crippen LogP contribution in [0.5, 0.6) is 0 Å². The van der Waals surface area contributed by atoms with E-state index >= 15 is 0 Å². The first-order valence-electron chi connectivity index (χ1n) is 5.77. The summed E-state index contributed by atoms with van der Waals surface area (Å²) in [6, 6.07) is 8.38. The molecule has 0 radical (unpaired) electrons. The number of rotatable bonds is 1. The van der Waals surface area contributed by atoms with Crippen molar-refractivity contribution >= 4 is 16.7 Å². The Morgan fingerprint density at radius 3 is 2.55 bits per heavy atom. The highest BCUT2D eigenvalue weighted by atomic mass is 19.4. The summed E-state index contributed by atoms with van der Waals surface area (Å²) in [4.78, 5) is 4.04. The third-order valence-electron chi connectivity index (χ3n) is 2.91. The number of hydrogen-bond acceptors (Lipinski definition) is 3. The first-order chi connectivity index (χ1) is 9.45. The number of alkyl halides is 3. The van der Waals surface area contributed by atoms with Gasteiger partial charge in [-0.1, -0.05) is 6.07 Å². The van der Waals surface area contributed by atoms with Crippen molar-refractivity contribution in [3.63, 3.8) is 0 Å². The molecule has 0 saturated carbocycles. The zero-order chi connectivity index (χ0) is 14.3. The molecule has 102 valence electrons. The molecule has 0 amide bonds. The fourth-order valence-electron chi connectivity index (χ4n) is 1.99. The van der Waals surface area contributed by atoms with Gasteiger partial charge in [-0.25, -0.2) is 0 Å². The van der Waals surface area contributed by atoms with Gasteiger partial charge in [-0.2, -0.15) is 13.2 Å². The van der Waals surface area contributed by atoms with Crippen LogP contribution in [0, 0.1) is 0 Å². The lowest BCUT2D eigenvalue weighted by atomic mass is 10.1. The maximum Gasteiger partial charge on any atom is 0.417 e. The molecule has 0 atom stereocenters. The summed E-state index contributed by atoms with van der Waals surface area (Å²) in [5.74, 6) is 0.275. The molecule has 0 unspecified atom stereocenters. The van der Waals surface area contributed by atoms with Gasteiger partial charge in [-0.3, -0.25) is 4.98 Å². The molecular formula is C14H9F3N2O. The Balaban J connectivity index is 2.18. The summed E-state index contributed by atoms with van der Waals surface area (Å²) < 4.78 is 44.2. The third kappa shape index (κ3) is 2.09. The summed E-state index contributed by atoms with van der Waals surface area (Å²) in [6.07, 6.45) is -3.00. The number of aromatic nitrogens is 1. The predicted molar refractivity (Wildman–Crippen MR) is 68.9 cm³/mol. The lowest BCUT2D eigenvalue weighted by molar-refractivity contribution is -0.136. The largest absolute Gasteiger partial charge is 0.454 e. The first-order valence-corrected chi connectivity index (χ1v) is 5.77. The van der Waals surface area contributed by atoms with E-state index in [0.29, 0.717) is 11.4 Å². The molecule has 6 heteroatoms. The van der Waals surface area contributed by atoms with E-state index in [-0.39, 0.29) is 16.7 Å². The zero-order valence-corrected chi connectivity index (χ0v) is 10.1. The van der Waals surface area contributed by atoms with Crippen molar-refractivity contribution in [1.82, 2.24) is 4.98 Å². The van der Waals surface area contributed by atoms with Gasteiger partial charge in [-0.15, -0.1) is 0 Å². The minimum Gasteiger partial charge on any atom is -0.454 e. The molecule has 0 aliphatic rings. The van der Waals surface area contributed by atoms with E-state index in [0.717, 1.165) is 6.07 Å². The van der Waals surface area contributed by atoms with Crippen LogP contribution < -0.4 is 5.73 Å². The molecule has 3 nitrogen and oxygen atoms in total. The van der Waals surface area contributed by atoms with Crippen molar-refractivity contribution in [3.05, 3.63) is 48.2 Å². The number of anilines is 1. The number of nitrogen functional groups attached to an aromatic ring is 1. The van der Waals surface area contributed by atoms with Crippen LogP contribution in [0.25, 0.3) is 22.4 Å². The van der Waals surface area contributed by atoms with Crippen LogP contribution in [0.4, 0.5) is 18.9 Å². The van der Waals surface area contributed by atoms with E-state index in [4.69, 9.17) is 10.2 Å². The van der Waals surface area contributed by atoms with Crippen molar-refractivity contribution in [2.45, 2.75) is 6.18 Å². The van der Waals surface area contributed by atoms with E-state index in [9.17, 15) is 13.2 Å². The fourth-order valence-corrected chi connectivity index (χ4v) is 1.99. The van der Waals surface area contributed by atoms with Crippen LogP contribution in [0.2, 0.25) is 0 Å². The molecule has 2 heterocycles. The predicted octanol–water partition coefficient (Wildman–Crippen LogP) is 4.10. The highest BCUT2D eigenvalue weighted by Gasteiger charge is 2.33. The first kappa shape index (κ1) is 12.5. The number of furan rings is 1. The van der Waals surface area contributed by atoms with Crippen molar-refractivity contribution in [2.24, 2.45) is 0 Å². The van der Waals surface area contributed by atoms with Crippen molar-refractivity contribution < 1.29 is 17.6 Å². The number of nitrogens with two attached hydrogens (primary N) is 1. The molecule has 0 saturated heterocycles. The average Bonchev–Trinajstić information content (AvgIpc) is 2.81. The smallest absolute Gasteiger partial charge is 0.417 e. The van der Waals surface area contributed by atoms with Crippen LogP contribution in [-0.4, -0.2) is 4.98 Å². The number of hydrogen-bond donors (Lipinski definition) is 1. The maximum atomic E-state index is 12.9. The van der Waals surface area contributed by atoms with Crippen LogP contribution in [-0.2, 0) is 6.18 Å². The number of fused-ring (bicyclic) bond motifs is 1. The minimum atomic E-state index is -4.42. The molecule has 2 N–H and O–H groups in total. The van der Waals surface area contributed by atoms with E-state index in [1.54, 1.807) is 12.1 Å². The average molecular weight is 278 g/mol. The molecule has 3 aromatic rings. The molecule has 3 rings (SSSR count). The van der Waals surface area contributed by atoms with Crippen LogP contribution in [0.1, 0.15) is 5.56 Å². The molecule has 1 aromatic carbocycles. The Labute approximate surface area is 111 Å². The van der Waals surface area contributed by atoms with E-state index in [1.807, 2.05) is 0 Å². The van der Waals surface area contributed by atoms with Gasteiger partial charge in [0.05, 0.1) is 17.4 Å². The molecule has 0 fully saturated rings. The van der Waals surface area contributed by atoms with Gasteiger partial charge in [0.25, 0.3) is 0 Å². The molecule has 20 heavy (non-hydrogen) atoms. The van der Waals surface area contributed by atoms with Crippen LogP contribution in [0.3, 0.4) is 0 Å². The number of nitrogens with zero attached hydrogens (tertiary/aromatic N) is 1. The molecule has 2 aromatic heterocycles. The zero-order valence-electron chi connectivity index (χ0n) is 10.1. The van der Waals surface area contributed by atoms with E-state index in [2.05, 4.69) is 4.98 Å². The molecule has 0 aliphatic carbocycles. The van der Waals surface area contributed by atoms with Gasteiger partial charge in [0.15, 0.2) is 5.76 Å². The summed E-state index contributed by atoms with van der Waals surface area (Å²) in [6.45, 7) is 0. The Hall–Kier alpha value is -2.50. The summed E-state index contributed by atoms with van der Waals surface area (Å²) in [7, 11) is 0. The standard InChI is InChI=1S/C14H9F3N2O/c15-14(16,17)10-2-1-3-12-9(10)6-13(20-12)11-5-4-8(18)7-19-11/h1-7H,18H2. The fraction of sp³-hybridized carbons (Fsp3) is 0.0714. The number of benzene rings is 1. The Kier molecular flexibility index (Phi) is 2.67. The lowest BCUT2D eigenvalue weighted by Crippen LogP contribution is -2.04. The van der Waals surface area contributed by atoms with E-state index in [1.165, 1.54) is 24.4 Å². The molecular weight excluding hydrogens is 269 g/mol. The second kappa shape index (κ2) is 4.26. The second-order valence-corrected chi connectivity index (χ2v) is 4.30. The summed E-state index contributed by atoms with van der Waals surface area (Å²) in [5, 5.41) is 0.0219. The Morgan fingerprint density at radius 2 is 1.90 bits per heavy atom. The lowest BCUT2D eigenvalue weighted by Gasteiger charge is -2.06. The normalized spacial score (nSPS) is 11.9. The molecule has 0 bridgehead atoms. The van der Waals surface area contributed by atoms with Gasteiger partial charge in [0, 0.05) is 5.39 Å². The monoisotopic (exact) mass is 278 g/mol. The Morgan fingerprint density at radius 1 is 1.10 bits per heavy atom. The highest BCUT2D eigenvalue weighted by Crippen LogP contribution is 2.37. The van der Waals surface area contributed by atoms with Crippen molar-refractivity contribution in [3.8, 4) is 11.5 Å². The SMILES string of the molecule is Nc1ccc(-c2cc3c(C(F)(F)F)cccc3o2)nc1. The van der Waals surface area contributed by atoms with Gasteiger partial charge in [-0.05, 0) is 30.3 Å². The van der Waals surface area contributed by atoms with Crippen LogP contribution >= 0.6 is 0 Å². The van der Waals surface area contributed by atoms with Gasteiger partial charge in [0.2, 0.25) is 0 Å². The van der Waals surface area contributed by atoms with Crippen molar-refractivity contribution in [2.75, 3.05) is 5.73 Å². The van der Waals surface area contributed by atoms with E-state index < -0.39 is 11.7 Å². The number of halogens is 3. The topological polar surface area (TPSA) is 52.0 Å². The summed E-state index contributed by atoms with van der Waals surface area (Å²) in [5.41, 5.74) is 5.88. The quantitative estimate of drug-likeness (QED) is 0.729. The maximum absolute atomic E-state index is 12.9. The minimum absolute atomic E-state index is 0.0219. The highest BCUT2D eigenvalue weighted by molar-refractivity contribution is 5.85. The Bertz CT molecular complexity index is 760. The molecule has 0 spiro atoms. The third-order valence-corrected chi connectivity index (χ3v) is 2.91. The van der Waals surface area contributed by atoms with Gasteiger partial charge >= 0.3 is 6.18 Å². The van der Waals surface area contributed by atoms with Gasteiger partial charge in [0.1, 0.15) is 11.3 Å². The van der Waals surface area contributed by atoms with Gasteiger partial charge < -0.3 is 10.2 Å². The number of pyridine rings is 1. The molecule has 0 aliphatic heterocycles.